The van der Waals surface area contributed by atoms with Crippen LogP contribution in [0.25, 0.3) is 0 Å². The number of thioether (sulfide) groups is 1. The maximum Gasteiger partial charge on any atom is 0.247 e. The highest BCUT2D eigenvalue weighted by atomic mass is 35.5. The lowest BCUT2D eigenvalue weighted by Crippen LogP contribution is -2.47. The largest absolute Gasteiger partial charge is 0.495 e. The molecule has 1 aliphatic heterocycles. The Morgan fingerprint density at radius 2 is 2.14 bits per heavy atom. The molecule has 2 rings (SSSR count). The molecule has 118 valence electrons. The van der Waals surface area contributed by atoms with Crippen molar-refractivity contribution in [1.29, 1.82) is 0 Å². The highest BCUT2D eigenvalue weighted by Crippen LogP contribution is 2.33. The summed E-state index contributed by atoms with van der Waals surface area (Å²) in [6.45, 7) is 4.53. The van der Waals surface area contributed by atoms with Gasteiger partial charge in [0.1, 0.15) is 10.6 Å². The molecule has 1 aromatic carbocycles. The molecule has 0 amide bonds. The highest BCUT2D eigenvalue weighted by molar-refractivity contribution is 8.00. The van der Waals surface area contributed by atoms with E-state index < -0.39 is 10.0 Å². The third-order valence-electron chi connectivity index (χ3n) is 3.79. The Labute approximate surface area is 135 Å². The van der Waals surface area contributed by atoms with Crippen molar-refractivity contribution in [2.24, 2.45) is 0 Å². The smallest absolute Gasteiger partial charge is 0.247 e. The van der Waals surface area contributed by atoms with Crippen LogP contribution in [0.2, 0.25) is 0 Å². The van der Waals surface area contributed by atoms with Gasteiger partial charge < -0.3 is 4.74 Å². The fourth-order valence-corrected chi connectivity index (χ4v) is 5.75. The predicted octanol–water partition coefficient (Wildman–Crippen LogP) is 2.95. The molecule has 1 fully saturated rings. The fraction of sp³-hybridized carbons (Fsp3) is 0.571. The van der Waals surface area contributed by atoms with Crippen molar-refractivity contribution in [3.8, 4) is 5.75 Å². The number of nitrogens with zero attached hydrogens (tertiary/aromatic N) is 1. The summed E-state index contributed by atoms with van der Waals surface area (Å²) >= 11 is 7.63. The topological polar surface area (TPSA) is 46.6 Å². The third-order valence-corrected chi connectivity index (χ3v) is 7.45. The van der Waals surface area contributed by atoms with Crippen LogP contribution in [0.5, 0.6) is 5.75 Å². The molecule has 1 aliphatic rings. The first-order valence-corrected chi connectivity index (χ1v) is 9.80. The van der Waals surface area contributed by atoms with E-state index in [1.165, 1.54) is 7.11 Å². The van der Waals surface area contributed by atoms with E-state index in [9.17, 15) is 8.42 Å². The molecular weight excluding hydrogens is 330 g/mol. The Morgan fingerprint density at radius 3 is 2.76 bits per heavy atom. The number of benzene rings is 1. The van der Waals surface area contributed by atoms with Gasteiger partial charge in [-0.3, -0.25) is 0 Å². The summed E-state index contributed by atoms with van der Waals surface area (Å²) in [5, 5.41) is 0.274. The molecule has 7 heteroatoms. The molecule has 1 saturated heterocycles. The summed E-state index contributed by atoms with van der Waals surface area (Å²) < 4.78 is 32.8. The molecule has 0 aromatic heterocycles. The molecule has 0 saturated carbocycles. The molecular formula is C14H20ClNO3S2. The minimum atomic E-state index is -3.58. The highest BCUT2D eigenvalue weighted by Gasteiger charge is 2.36. The van der Waals surface area contributed by atoms with Crippen molar-refractivity contribution in [1.82, 2.24) is 4.31 Å². The first kappa shape index (κ1) is 16.9. The second-order valence-corrected chi connectivity index (χ2v) is 8.66. The molecule has 1 heterocycles. The Bertz CT molecular complexity index is 606. The van der Waals surface area contributed by atoms with Crippen molar-refractivity contribution in [3.63, 3.8) is 0 Å². The maximum atomic E-state index is 13.0. The van der Waals surface area contributed by atoms with E-state index in [2.05, 4.69) is 6.92 Å². The minimum Gasteiger partial charge on any atom is -0.495 e. The molecule has 4 nitrogen and oxygen atoms in total. The Morgan fingerprint density at radius 1 is 1.43 bits per heavy atom. The van der Waals surface area contributed by atoms with Crippen LogP contribution in [0, 0.1) is 0 Å². The lowest BCUT2D eigenvalue weighted by atomic mass is 10.2. The van der Waals surface area contributed by atoms with Gasteiger partial charge in [-0.15, -0.1) is 11.6 Å². The van der Waals surface area contributed by atoms with Crippen molar-refractivity contribution < 1.29 is 13.2 Å². The van der Waals surface area contributed by atoms with Crippen LogP contribution in [0.4, 0.5) is 0 Å². The predicted molar refractivity (Wildman–Crippen MR) is 87.8 cm³/mol. The van der Waals surface area contributed by atoms with Gasteiger partial charge in [0.05, 0.1) is 7.11 Å². The van der Waals surface area contributed by atoms with E-state index in [1.807, 2.05) is 6.92 Å². The molecule has 0 N–H and O–H groups in total. The SMILES string of the molecule is COc1ccc(CCl)cc1S(=O)(=O)N1CCSC(C)C1C. The number of hydrogen-bond donors (Lipinski definition) is 0. The molecule has 2 unspecified atom stereocenters. The van der Waals surface area contributed by atoms with Crippen LogP contribution in [-0.2, 0) is 15.9 Å². The van der Waals surface area contributed by atoms with Crippen LogP contribution >= 0.6 is 23.4 Å². The first-order chi connectivity index (χ1) is 9.91. The zero-order valence-corrected chi connectivity index (χ0v) is 14.8. The van der Waals surface area contributed by atoms with E-state index >= 15 is 0 Å². The first-order valence-electron chi connectivity index (χ1n) is 6.78. The molecule has 21 heavy (non-hydrogen) atoms. The van der Waals surface area contributed by atoms with Gasteiger partial charge in [0.2, 0.25) is 10.0 Å². The zero-order valence-electron chi connectivity index (χ0n) is 12.4. The van der Waals surface area contributed by atoms with Crippen LogP contribution in [0.15, 0.2) is 23.1 Å². The fourth-order valence-electron chi connectivity index (χ4n) is 2.38. The summed E-state index contributed by atoms with van der Waals surface area (Å²) in [5.74, 6) is 1.44. The van der Waals surface area contributed by atoms with Crippen molar-refractivity contribution in [3.05, 3.63) is 23.8 Å². The van der Waals surface area contributed by atoms with Crippen molar-refractivity contribution in [2.45, 2.75) is 35.9 Å². The monoisotopic (exact) mass is 349 g/mol. The van der Waals surface area contributed by atoms with Gasteiger partial charge in [0.15, 0.2) is 0 Å². The van der Waals surface area contributed by atoms with E-state index in [0.29, 0.717) is 12.3 Å². The van der Waals surface area contributed by atoms with Crippen molar-refractivity contribution in [2.75, 3.05) is 19.4 Å². The Balaban J connectivity index is 2.47. The zero-order chi connectivity index (χ0) is 15.6. The van der Waals surface area contributed by atoms with Gasteiger partial charge in [-0.1, -0.05) is 13.0 Å². The van der Waals surface area contributed by atoms with Gasteiger partial charge in [-0.05, 0) is 24.6 Å². The van der Waals surface area contributed by atoms with Crippen LogP contribution in [-0.4, -0.2) is 43.4 Å². The maximum absolute atomic E-state index is 13.0. The molecule has 0 spiro atoms. The summed E-state index contributed by atoms with van der Waals surface area (Å²) in [7, 11) is -2.10. The standard InChI is InChI=1S/C14H20ClNO3S2/c1-10-11(2)20-7-6-16(10)21(17,18)14-8-12(9-15)4-5-13(14)19-3/h4-5,8,10-11H,6-7,9H2,1-3H3. The van der Waals surface area contributed by atoms with Gasteiger partial charge in [-0.2, -0.15) is 16.1 Å². The average molecular weight is 350 g/mol. The Kier molecular flexibility index (Phi) is 5.46. The summed E-state index contributed by atoms with van der Waals surface area (Å²) in [5.41, 5.74) is 0.767. The number of alkyl halides is 1. The van der Waals surface area contributed by atoms with Gasteiger partial charge in [0, 0.05) is 29.5 Å². The number of hydrogen-bond acceptors (Lipinski definition) is 4. The number of methoxy groups -OCH3 is 1. The van der Waals surface area contributed by atoms with E-state index in [0.717, 1.165) is 11.3 Å². The number of sulfonamides is 1. The quantitative estimate of drug-likeness (QED) is 0.784. The molecule has 0 radical (unpaired) electrons. The minimum absolute atomic E-state index is 0.0434. The second kappa shape index (κ2) is 6.77. The van der Waals surface area contributed by atoms with E-state index in [1.54, 1.807) is 34.3 Å². The number of ether oxygens (including phenoxy) is 1. The summed E-state index contributed by atoms with van der Waals surface area (Å²) in [6, 6.07) is 5.01. The van der Waals surface area contributed by atoms with E-state index in [4.69, 9.17) is 16.3 Å². The Hall–Kier alpha value is -0.430. The van der Waals surface area contributed by atoms with Crippen molar-refractivity contribution >= 4 is 33.4 Å². The number of rotatable bonds is 4. The molecule has 0 bridgehead atoms. The van der Waals surface area contributed by atoms with Crippen LogP contribution in [0.3, 0.4) is 0 Å². The van der Waals surface area contributed by atoms with Gasteiger partial charge in [0.25, 0.3) is 0 Å². The number of halogens is 1. The summed E-state index contributed by atoms with van der Waals surface area (Å²) in [4.78, 5) is 0.203. The average Bonchev–Trinajstić information content (AvgIpc) is 2.49. The lowest BCUT2D eigenvalue weighted by Gasteiger charge is -2.36. The van der Waals surface area contributed by atoms with E-state index in [-0.39, 0.29) is 22.1 Å². The molecule has 2 atom stereocenters. The molecule has 1 aromatic rings. The second-order valence-electron chi connectivity index (χ2n) is 5.05. The third kappa shape index (κ3) is 3.33. The van der Waals surface area contributed by atoms with Gasteiger partial charge in [-0.25, -0.2) is 8.42 Å². The van der Waals surface area contributed by atoms with Crippen LogP contribution < -0.4 is 4.74 Å². The molecule has 0 aliphatic carbocycles. The summed E-state index contributed by atoms with van der Waals surface area (Å²) in [6.07, 6.45) is 0. The lowest BCUT2D eigenvalue weighted by molar-refractivity contribution is 0.336. The van der Waals surface area contributed by atoms with Crippen LogP contribution in [0.1, 0.15) is 19.4 Å². The van der Waals surface area contributed by atoms with Gasteiger partial charge >= 0.3 is 0 Å². The normalized spacial score (nSPS) is 24.0.